The van der Waals surface area contributed by atoms with Crippen molar-refractivity contribution in [2.45, 2.75) is 26.4 Å². The van der Waals surface area contributed by atoms with Crippen LogP contribution in [0.15, 0.2) is 16.8 Å². The fourth-order valence-electron chi connectivity index (χ4n) is 1.17. The Labute approximate surface area is 78.1 Å². The number of rotatable bonds is 5. The molecular formula is C9H16N2O2. The summed E-state index contributed by atoms with van der Waals surface area (Å²) in [6.07, 6.45) is 1.63. The molecule has 0 aromatic carbocycles. The lowest BCUT2D eigenvalue weighted by atomic mass is 10.3. The van der Waals surface area contributed by atoms with E-state index in [9.17, 15) is 0 Å². The van der Waals surface area contributed by atoms with E-state index in [1.807, 2.05) is 6.07 Å². The van der Waals surface area contributed by atoms with Gasteiger partial charge < -0.3 is 9.63 Å². The zero-order valence-electron chi connectivity index (χ0n) is 8.10. The highest BCUT2D eigenvalue weighted by Gasteiger charge is 2.10. The first kappa shape index (κ1) is 10.2. The minimum absolute atomic E-state index is 0.173. The van der Waals surface area contributed by atoms with Crippen LogP contribution >= 0.6 is 0 Å². The molecule has 4 heteroatoms. The van der Waals surface area contributed by atoms with Crippen molar-refractivity contribution in [3.63, 3.8) is 0 Å². The predicted octanol–water partition coefficient (Wildman–Crippen LogP) is 0.877. The van der Waals surface area contributed by atoms with Gasteiger partial charge in [0.2, 0.25) is 0 Å². The molecule has 0 aliphatic heterocycles. The monoisotopic (exact) mass is 184 g/mol. The van der Waals surface area contributed by atoms with E-state index in [0.29, 0.717) is 19.1 Å². The molecule has 1 aromatic rings. The molecule has 0 atom stereocenters. The first-order valence-electron chi connectivity index (χ1n) is 4.48. The maximum atomic E-state index is 8.83. The Morgan fingerprint density at radius 1 is 1.62 bits per heavy atom. The lowest BCUT2D eigenvalue weighted by Gasteiger charge is -2.23. The first-order valence-corrected chi connectivity index (χ1v) is 4.48. The van der Waals surface area contributed by atoms with Crippen LogP contribution in [-0.2, 0) is 6.54 Å². The van der Waals surface area contributed by atoms with Gasteiger partial charge in [-0.05, 0) is 13.8 Å². The van der Waals surface area contributed by atoms with E-state index in [4.69, 9.17) is 9.63 Å². The number of aliphatic hydroxyl groups is 1. The Morgan fingerprint density at radius 2 is 2.38 bits per heavy atom. The van der Waals surface area contributed by atoms with Crippen molar-refractivity contribution in [2.24, 2.45) is 0 Å². The third-order valence-electron chi connectivity index (χ3n) is 1.97. The molecule has 1 aromatic heterocycles. The third-order valence-corrected chi connectivity index (χ3v) is 1.97. The van der Waals surface area contributed by atoms with Gasteiger partial charge in [0, 0.05) is 18.7 Å². The van der Waals surface area contributed by atoms with Gasteiger partial charge in [-0.1, -0.05) is 5.16 Å². The molecule has 0 fully saturated rings. The second-order valence-corrected chi connectivity index (χ2v) is 3.27. The van der Waals surface area contributed by atoms with Crippen LogP contribution in [0.5, 0.6) is 0 Å². The molecule has 74 valence electrons. The van der Waals surface area contributed by atoms with E-state index in [1.54, 1.807) is 6.20 Å². The summed E-state index contributed by atoms with van der Waals surface area (Å²) in [6, 6.07) is 2.24. The highest BCUT2D eigenvalue weighted by atomic mass is 16.5. The average Bonchev–Trinajstić information content (AvgIpc) is 2.56. The maximum Gasteiger partial charge on any atom is 0.150 e. The minimum atomic E-state index is 0.173. The van der Waals surface area contributed by atoms with Gasteiger partial charge in [-0.25, -0.2) is 0 Å². The quantitative estimate of drug-likeness (QED) is 0.738. The number of nitrogens with zero attached hydrogens (tertiary/aromatic N) is 2. The molecule has 0 saturated carbocycles. The van der Waals surface area contributed by atoms with E-state index in [1.165, 1.54) is 0 Å². The molecule has 0 aliphatic carbocycles. The number of aliphatic hydroxyl groups excluding tert-OH is 1. The summed E-state index contributed by atoms with van der Waals surface area (Å²) in [5, 5.41) is 12.5. The maximum absolute atomic E-state index is 8.83. The summed E-state index contributed by atoms with van der Waals surface area (Å²) < 4.78 is 4.99. The summed E-state index contributed by atoms with van der Waals surface area (Å²) in [6.45, 7) is 5.72. The van der Waals surface area contributed by atoms with Crippen LogP contribution < -0.4 is 0 Å². The second kappa shape index (κ2) is 4.99. The average molecular weight is 184 g/mol. The first-order chi connectivity index (χ1) is 6.24. The van der Waals surface area contributed by atoms with Gasteiger partial charge >= 0.3 is 0 Å². The Hall–Kier alpha value is -0.870. The Balaban J connectivity index is 2.47. The largest absolute Gasteiger partial charge is 0.395 e. The van der Waals surface area contributed by atoms with Gasteiger partial charge in [-0.2, -0.15) is 0 Å². The molecular weight excluding hydrogens is 168 g/mol. The van der Waals surface area contributed by atoms with Gasteiger partial charge in [0.05, 0.1) is 19.3 Å². The van der Waals surface area contributed by atoms with Crippen LogP contribution in [0.3, 0.4) is 0 Å². The smallest absolute Gasteiger partial charge is 0.150 e. The van der Waals surface area contributed by atoms with Crippen LogP contribution in [0.4, 0.5) is 0 Å². The number of hydrogen-bond donors (Lipinski definition) is 1. The third kappa shape index (κ3) is 3.16. The van der Waals surface area contributed by atoms with E-state index in [-0.39, 0.29) is 6.61 Å². The normalized spacial score (nSPS) is 11.5. The van der Waals surface area contributed by atoms with Crippen LogP contribution in [0.1, 0.15) is 19.6 Å². The molecule has 1 heterocycles. The van der Waals surface area contributed by atoms with E-state index in [0.717, 1.165) is 5.76 Å². The van der Waals surface area contributed by atoms with Crippen molar-refractivity contribution in [2.75, 3.05) is 13.2 Å². The Bertz CT molecular complexity index is 222. The SMILES string of the molecule is CC(C)N(CCO)Cc1ccno1. The molecule has 0 amide bonds. The topological polar surface area (TPSA) is 49.5 Å². The molecule has 0 aliphatic rings. The Morgan fingerprint density at radius 3 is 2.85 bits per heavy atom. The summed E-state index contributed by atoms with van der Waals surface area (Å²) >= 11 is 0. The zero-order chi connectivity index (χ0) is 9.68. The lowest BCUT2D eigenvalue weighted by molar-refractivity contribution is 0.146. The zero-order valence-corrected chi connectivity index (χ0v) is 8.10. The van der Waals surface area contributed by atoms with Crippen molar-refractivity contribution >= 4 is 0 Å². The highest BCUT2D eigenvalue weighted by Crippen LogP contribution is 2.06. The van der Waals surface area contributed by atoms with Gasteiger partial charge in [0.1, 0.15) is 0 Å². The molecule has 0 unspecified atom stereocenters. The van der Waals surface area contributed by atoms with E-state index in [2.05, 4.69) is 23.9 Å². The van der Waals surface area contributed by atoms with Gasteiger partial charge in [-0.3, -0.25) is 4.90 Å². The summed E-state index contributed by atoms with van der Waals surface area (Å²) in [4.78, 5) is 2.13. The van der Waals surface area contributed by atoms with Gasteiger partial charge in [0.25, 0.3) is 0 Å². The van der Waals surface area contributed by atoms with E-state index < -0.39 is 0 Å². The van der Waals surface area contributed by atoms with Crippen molar-refractivity contribution in [3.05, 3.63) is 18.0 Å². The lowest BCUT2D eigenvalue weighted by Crippen LogP contribution is -2.32. The fourth-order valence-corrected chi connectivity index (χ4v) is 1.17. The fraction of sp³-hybridized carbons (Fsp3) is 0.667. The second-order valence-electron chi connectivity index (χ2n) is 3.27. The number of hydrogen-bond acceptors (Lipinski definition) is 4. The van der Waals surface area contributed by atoms with Crippen molar-refractivity contribution in [1.82, 2.24) is 10.1 Å². The van der Waals surface area contributed by atoms with Crippen molar-refractivity contribution in [3.8, 4) is 0 Å². The minimum Gasteiger partial charge on any atom is -0.395 e. The summed E-state index contributed by atoms with van der Waals surface area (Å²) in [7, 11) is 0. The van der Waals surface area contributed by atoms with Gasteiger partial charge in [0.15, 0.2) is 5.76 Å². The summed E-state index contributed by atoms with van der Waals surface area (Å²) in [5.41, 5.74) is 0. The van der Waals surface area contributed by atoms with Crippen LogP contribution in [0.2, 0.25) is 0 Å². The molecule has 13 heavy (non-hydrogen) atoms. The van der Waals surface area contributed by atoms with E-state index >= 15 is 0 Å². The molecule has 4 nitrogen and oxygen atoms in total. The standard InChI is InChI=1S/C9H16N2O2/c1-8(2)11(5-6-12)7-9-3-4-10-13-9/h3-4,8,12H,5-7H2,1-2H3. The van der Waals surface area contributed by atoms with Crippen LogP contribution in [0.25, 0.3) is 0 Å². The molecule has 1 rings (SSSR count). The van der Waals surface area contributed by atoms with Crippen LogP contribution in [-0.4, -0.2) is 34.4 Å². The predicted molar refractivity (Wildman–Crippen MR) is 49.1 cm³/mol. The van der Waals surface area contributed by atoms with Crippen LogP contribution in [0, 0.1) is 0 Å². The summed E-state index contributed by atoms with van der Waals surface area (Å²) in [5.74, 6) is 0.835. The highest BCUT2D eigenvalue weighted by molar-refractivity contribution is 4.92. The van der Waals surface area contributed by atoms with Crippen molar-refractivity contribution in [1.29, 1.82) is 0 Å². The number of aromatic nitrogens is 1. The molecule has 0 bridgehead atoms. The molecule has 0 spiro atoms. The van der Waals surface area contributed by atoms with Crippen molar-refractivity contribution < 1.29 is 9.63 Å². The molecule has 0 saturated heterocycles. The molecule has 0 radical (unpaired) electrons. The molecule has 1 N–H and O–H groups in total. The van der Waals surface area contributed by atoms with Gasteiger partial charge in [-0.15, -0.1) is 0 Å². The Kier molecular flexibility index (Phi) is 3.92.